The minimum absolute atomic E-state index is 0.160. The van der Waals surface area contributed by atoms with Crippen LogP contribution >= 0.6 is 11.8 Å². The molecule has 0 bridgehead atoms. The first-order valence-corrected chi connectivity index (χ1v) is 7.71. The summed E-state index contributed by atoms with van der Waals surface area (Å²) in [6, 6.07) is 0. The molecule has 4 nitrogen and oxygen atoms in total. The van der Waals surface area contributed by atoms with Gasteiger partial charge in [0.15, 0.2) is 0 Å². The Kier molecular flexibility index (Phi) is 5.13. The second kappa shape index (κ2) is 6.61. The molecular weight excluding hydrogens is 234 g/mol. The second-order valence-electron chi connectivity index (χ2n) is 4.95. The van der Waals surface area contributed by atoms with Gasteiger partial charge in [0.25, 0.3) is 0 Å². The lowest BCUT2D eigenvalue weighted by Gasteiger charge is -2.32. The van der Waals surface area contributed by atoms with Crippen molar-refractivity contribution in [3.63, 3.8) is 0 Å². The number of hydrogen-bond donors (Lipinski definition) is 2. The molecule has 0 radical (unpaired) electrons. The van der Waals surface area contributed by atoms with Crippen LogP contribution in [0.1, 0.15) is 6.92 Å². The Labute approximate surface area is 108 Å². The fourth-order valence-electron chi connectivity index (χ4n) is 2.20. The van der Waals surface area contributed by atoms with Crippen molar-refractivity contribution >= 4 is 17.7 Å². The molecule has 17 heavy (non-hydrogen) atoms. The van der Waals surface area contributed by atoms with E-state index in [0.29, 0.717) is 5.92 Å². The van der Waals surface area contributed by atoms with Gasteiger partial charge in [0.2, 0.25) is 5.91 Å². The van der Waals surface area contributed by atoms with Crippen molar-refractivity contribution < 1.29 is 4.79 Å². The van der Waals surface area contributed by atoms with Gasteiger partial charge in [0.1, 0.15) is 0 Å². The van der Waals surface area contributed by atoms with E-state index in [4.69, 9.17) is 0 Å². The number of hydrogen-bond acceptors (Lipinski definition) is 4. The van der Waals surface area contributed by atoms with Crippen LogP contribution in [0.5, 0.6) is 0 Å². The quantitative estimate of drug-likeness (QED) is 0.728. The maximum atomic E-state index is 11.9. The molecule has 2 heterocycles. The Bertz CT molecular complexity index is 252. The minimum Gasteiger partial charge on any atom is -0.355 e. The van der Waals surface area contributed by atoms with Gasteiger partial charge < -0.3 is 10.6 Å². The third-order valence-corrected chi connectivity index (χ3v) is 4.71. The normalized spacial score (nSPS) is 24.1. The largest absolute Gasteiger partial charge is 0.355 e. The predicted octanol–water partition coefficient (Wildman–Crippen LogP) is 0.00690. The van der Waals surface area contributed by atoms with E-state index in [0.717, 1.165) is 26.2 Å². The molecule has 1 unspecified atom stereocenters. The molecule has 0 aromatic heterocycles. The first-order chi connectivity index (χ1) is 8.27. The van der Waals surface area contributed by atoms with E-state index >= 15 is 0 Å². The SMILES string of the molecule is CC(C(=O)NCCN1CCSCC1)C1CNC1. The molecular formula is C12H23N3OS. The molecule has 2 rings (SSSR count). The van der Waals surface area contributed by atoms with Gasteiger partial charge in [0, 0.05) is 43.6 Å². The summed E-state index contributed by atoms with van der Waals surface area (Å²) < 4.78 is 0. The van der Waals surface area contributed by atoms with Gasteiger partial charge in [-0.25, -0.2) is 0 Å². The van der Waals surface area contributed by atoms with Gasteiger partial charge in [-0.2, -0.15) is 11.8 Å². The van der Waals surface area contributed by atoms with Crippen molar-refractivity contribution in [2.24, 2.45) is 11.8 Å². The number of amides is 1. The van der Waals surface area contributed by atoms with Crippen LogP contribution in [0.4, 0.5) is 0 Å². The van der Waals surface area contributed by atoms with Crippen molar-refractivity contribution in [2.45, 2.75) is 6.92 Å². The Morgan fingerprint density at radius 3 is 2.76 bits per heavy atom. The average molecular weight is 257 g/mol. The standard InChI is InChI=1S/C12H23N3OS/c1-10(11-8-13-9-11)12(16)14-2-3-15-4-6-17-7-5-15/h10-11,13H,2-9H2,1H3,(H,14,16). The summed E-state index contributed by atoms with van der Waals surface area (Å²) in [6.07, 6.45) is 0. The highest BCUT2D eigenvalue weighted by Crippen LogP contribution is 2.15. The molecule has 2 aliphatic heterocycles. The van der Waals surface area contributed by atoms with Gasteiger partial charge in [-0.05, 0) is 19.0 Å². The van der Waals surface area contributed by atoms with E-state index in [1.54, 1.807) is 0 Å². The topological polar surface area (TPSA) is 44.4 Å². The van der Waals surface area contributed by atoms with Crippen LogP contribution in [0.15, 0.2) is 0 Å². The Balaban J connectivity index is 1.58. The van der Waals surface area contributed by atoms with Crippen molar-refractivity contribution in [3.05, 3.63) is 0 Å². The number of nitrogens with zero attached hydrogens (tertiary/aromatic N) is 1. The molecule has 2 fully saturated rings. The molecule has 0 spiro atoms. The van der Waals surface area contributed by atoms with E-state index in [-0.39, 0.29) is 11.8 Å². The van der Waals surface area contributed by atoms with Crippen molar-refractivity contribution in [1.82, 2.24) is 15.5 Å². The van der Waals surface area contributed by atoms with E-state index in [1.807, 2.05) is 18.7 Å². The van der Waals surface area contributed by atoms with E-state index in [1.165, 1.54) is 24.6 Å². The zero-order valence-corrected chi connectivity index (χ0v) is 11.4. The van der Waals surface area contributed by atoms with Crippen molar-refractivity contribution in [2.75, 3.05) is 50.8 Å². The van der Waals surface area contributed by atoms with Gasteiger partial charge in [0.05, 0.1) is 0 Å². The molecule has 0 saturated carbocycles. The molecule has 1 amide bonds. The zero-order chi connectivity index (χ0) is 12.1. The Morgan fingerprint density at radius 1 is 1.47 bits per heavy atom. The number of rotatable bonds is 5. The Morgan fingerprint density at radius 2 is 2.18 bits per heavy atom. The molecule has 2 aliphatic rings. The van der Waals surface area contributed by atoms with Gasteiger partial charge in [-0.1, -0.05) is 6.92 Å². The summed E-state index contributed by atoms with van der Waals surface area (Å²) in [6.45, 7) is 8.18. The van der Waals surface area contributed by atoms with Crippen LogP contribution < -0.4 is 10.6 Å². The second-order valence-corrected chi connectivity index (χ2v) is 6.18. The molecule has 0 aromatic carbocycles. The predicted molar refractivity (Wildman–Crippen MR) is 72.3 cm³/mol. The van der Waals surface area contributed by atoms with Crippen LogP contribution in [0.2, 0.25) is 0 Å². The third-order valence-electron chi connectivity index (χ3n) is 3.76. The van der Waals surface area contributed by atoms with Crippen molar-refractivity contribution in [3.8, 4) is 0 Å². The van der Waals surface area contributed by atoms with Crippen molar-refractivity contribution in [1.29, 1.82) is 0 Å². The van der Waals surface area contributed by atoms with E-state index in [9.17, 15) is 4.79 Å². The van der Waals surface area contributed by atoms with Crippen LogP contribution in [0.3, 0.4) is 0 Å². The maximum absolute atomic E-state index is 11.9. The highest BCUT2D eigenvalue weighted by molar-refractivity contribution is 7.99. The summed E-state index contributed by atoms with van der Waals surface area (Å²) in [5.41, 5.74) is 0. The van der Waals surface area contributed by atoms with Crippen LogP contribution in [0.25, 0.3) is 0 Å². The highest BCUT2D eigenvalue weighted by atomic mass is 32.2. The molecule has 5 heteroatoms. The summed E-state index contributed by atoms with van der Waals surface area (Å²) in [7, 11) is 0. The lowest BCUT2D eigenvalue weighted by molar-refractivity contribution is -0.126. The summed E-state index contributed by atoms with van der Waals surface area (Å²) >= 11 is 2.02. The van der Waals surface area contributed by atoms with E-state index in [2.05, 4.69) is 15.5 Å². The molecule has 0 aromatic rings. The fraction of sp³-hybridized carbons (Fsp3) is 0.917. The van der Waals surface area contributed by atoms with Crippen LogP contribution in [-0.2, 0) is 4.79 Å². The molecule has 2 N–H and O–H groups in total. The summed E-state index contributed by atoms with van der Waals surface area (Å²) in [5.74, 6) is 3.40. The lowest BCUT2D eigenvalue weighted by Crippen LogP contribution is -2.50. The van der Waals surface area contributed by atoms with Gasteiger partial charge in [-0.15, -0.1) is 0 Å². The zero-order valence-electron chi connectivity index (χ0n) is 10.6. The molecule has 98 valence electrons. The molecule has 2 saturated heterocycles. The highest BCUT2D eigenvalue weighted by Gasteiger charge is 2.28. The monoisotopic (exact) mass is 257 g/mol. The maximum Gasteiger partial charge on any atom is 0.223 e. The Hall–Kier alpha value is -0.260. The number of carbonyl (C=O) groups is 1. The van der Waals surface area contributed by atoms with E-state index < -0.39 is 0 Å². The average Bonchev–Trinajstić information content (AvgIpc) is 2.28. The first-order valence-electron chi connectivity index (χ1n) is 6.56. The summed E-state index contributed by atoms with van der Waals surface area (Å²) in [5, 5.41) is 6.28. The number of carbonyl (C=O) groups excluding carboxylic acids is 1. The number of thioether (sulfide) groups is 1. The van der Waals surface area contributed by atoms with Crippen LogP contribution in [0, 0.1) is 11.8 Å². The number of nitrogens with one attached hydrogen (secondary N) is 2. The third kappa shape index (κ3) is 3.86. The van der Waals surface area contributed by atoms with Crippen LogP contribution in [-0.4, -0.2) is 61.6 Å². The first kappa shape index (κ1) is 13.2. The molecule has 0 aliphatic carbocycles. The fourth-order valence-corrected chi connectivity index (χ4v) is 3.18. The molecule has 1 atom stereocenters. The lowest BCUT2D eigenvalue weighted by atomic mass is 9.88. The van der Waals surface area contributed by atoms with Gasteiger partial charge >= 0.3 is 0 Å². The smallest absolute Gasteiger partial charge is 0.223 e. The minimum atomic E-state index is 0.160. The summed E-state index contributed by atoms with van der Waals surface area (Å²) in [4.78, 5) is 14.3. The van der Waals surface area contributed by atoms with Gasteiger partial charge in [-0.3, -0.25) is 9.69 Å².